The molecule has 3 aromatic carbocycles. The van der Waals surface area contributed by atoms with Crippen LogP contribution in [0.25, 0.3) is 10.8 Å². The van der Waals surface area contributed by atoms with Crippen LogP contribution in [0.3, 0.4) is 0 Å². The number of piperidine rings is 1. The van der Waals surface area contributed by atoms with Gasteiger partial charge >= 0.3 is 0 Å². The van der Waals surface area contributed by atoms with E-state index in [1.807, 2.05) is 36.4 Å². The molecule has 3 heteroatoms. The Labute approximate surface area is 210 Å². The summed E-state index contributed by atoms with van der Waals surface area (Å²) in [4.78, 5) is 15.3. The molecule has 1 atom stereocenters. The molecule has 0 bridgehead atoms. The lowest BCUT2D eigenvalue weighted by molar-refractivity contribution is -0.105. The molecule has 1 saturated carbocycles. The molecule has 0 aromatic heterocycles. The topological polar surface area (TPSA) is 40.5 Å². The highest BCUT2D eigenvalue weighted by Gasteiger charge is 2.46. The van der Waals surface area contributed by atoms with Gasteiger partial charge in [0, 0.05) is 12.0 Å². The summed E-state index contributed by atoms with van der Waals surface area (Å²) < 4.78 is 0. The minimum absolute atomic E-state index is 0.237. The number of benzene rings is 3. The van der Waals surface area contributed by atoms with E-state index >= 15 is 0 Å². The first-order valence-electron chi connectivity index (χ1n) is 13.7. The maximum Gasteiger partial charge on any atom is 0.162 e. The van der Waals surface area contributed by atoms with Gasteiger partial charge in [-0.05, 0) is 86.0 Å². The highest BCUT2D eigenvalue weighted by molar-refractivity contribution is 5.99. The third-order valence-corrected chi connectivity index (χ3v) is 8.62. The van der Waals surface area contributed by atoms with Crippen LogP contribution in [-0.4, -0.2) is 35.4 Å². The SMILES string of the molecule is O=C(CCCN1CCC(C(O)(c2ccccc2)C2CCCCC2)CC1)c1ccc2ccccc2c1. The maximum absolute atomic E-state index is 12.8. The Morgan fingerprint density at radius 3 is 2.20 bits per heavy atom. The van der Waals surface area contributed by atoms with Crippen molar-refractivity contribution in [3.8, 4) is 0 Å². The Morgan fingerprint density at radius 2 is 1.46 bits per heavy atom. The van der Waals surface area contributed by atoms with Gasteiger partial charge in [0.15, 0.2) is 5.78 Å². The lowest BCUT2D eigenvalue weighted by Gasteiger charge is -2.47. The normalized spacial score (nSPS) is 20.0. The summed E-state index contributed by atoms with van der Waals surface area (Å²) in [6.45, 7) is 2.98. The number of ketones is 1. The van der Waals surface area contributed by atoms with Crippen molar-refractivity contribution in [2.75, 3.05) is 19.6 Å². The molecule has 1 aliphatic carbocycles. The zero-order chi connectivity index (χ0) is 24.1. The predicted molar refractivity (Wildman–Crippen MR) is 144 cm³/mol. The second kappa shape index (κ2) is 11.1. The van der Waals surface area contributed by atoms with Gasteiger partial charge in [-0.1, -0.05) is 86.0 Å². The summed E-state index contributed by atoms with van der Waals surface area (Å²) in [5.74, 6) is 0.916. The number of Topliss-reactive ketones (excluding diaryl/α,β-unsaturated/α-hetero) is 1. The van der Waals surface area contributed by atoms with Crippen molar-refractivity contribution in [3.05, 3.63) is 83.9 Å². The molecule has 0 radical (unpaired) electrons. The first-order valence-corrected chi connectivity index (χ1v) is 13.7. The van der Waals surface area contributed by atoms with Crippen molar-refractivity contribution in [1.82, 2.24) is 4.90 Å². The summed E-state index contributed by atoms with van der Waals surface area (Å²) in [5, 5.41) is 14.5. The van der Waals surface area contributed by atoms with E-state index in [-0.39, 0.29) is 5.78 Å². The van der Waals surface area contributed by atoms with E-state index in [2.05, 4.69) is 41.3 Å². The molecular weight excluding hydrogens is 430 g/mol. The van der Waals surface area contributed by atoms with Gasteiger partial charge in [-0.2, -0.15) is 0 Å². The molecule has 1 heterocycles. The van der Waals surface area contributed by atoms with Crippen LogP contribution in [0.4, 0.5) is 0 Å². The van der Waals surface area contributed by atoms with Crippen molar-refractivity contribution in [1.29, 1.82) is 0 Å². The fourth-order valence-electron chi connectivity index (χ4n) is 6.62. The third-order valence-electron chi connectivity index (χ3n) is 8.62. The largest absolute Gasteiger partial charge is 0.385 e. The Hall–Kier alpha value is -2.49. The van der Waals surface area contributed by atoms with Crippen molar-refractivity contribution < 1.29 is 9.90 Å². The molecule has 35 heavy (non-hydrogen) atoms. The number of fused-ring (bicyclic) bond motifs is 1. The van der Waals surface area contributed by atoms with Gasteiger partial charge in [0.05, 0.1) is 5.60 Å². The predicted octanol–water partition coefficient (Wildman–Crippen LogP) is 6.98. The summed E-state index contributed by atoms with van der Waals surface area (Å²) >= 11 is 0. The quantitative estimate of drug-likeness (QED) is 0.362. The van der Waals surface area contributed by atoms with Crippen LogP contribution in [0.15, 0.2) is 72.8 Å². The third kappa shape index (κ3) is 5.37. The molecule has 1 N–H and O–H groups in total. The Bertz CT molecular complexity index is 1110. The molecule has 1 unspecified atom stereocenters. The van der Waals surface area contributed by atoms with Crippen molar-refractivity contribution in [3.63, 3.8) is 0 Å². The van der Waals surface area contributed by atoms with Gasteiger partial charge in [-0.3, -0.25) is 4.79 Å². The molecular formula is C32H39NO2. The highest BCUT2D eigenvalue weighted by Crippen LogP contribution is 2.47. The van der Waals surface area contributed by atoms with Crippen molar-refractivity contribution >= 4 is 16.6 Å². The second-order valence-corrected chi connectivity index (χ2v) is 10.7. The fraction of sp³-hybridized carbons (Fsp3) is 0.469. The van der Waals surface area contributed by atoms with Gasteiger partial charge in [0.2, 0.25) is 0 Å². The first-order chi connectivity index (χ1) is 17.1. The minimum Gasteiger partial charge on any atom is -0.385 e. The van der Waals surface area contributed by atoms with Crippen LogP contribution in [0.2, 0.25) is 0 Å². The lowest BCUT2D eigenvalue weighted by atomic mass is 9.65. The fourth-order valence-corrected chi connectivity index (χ4v) is 6.62. The smallest absolute Gasteiger partial charge is 0.162 e. The van der Waals surface area contributed by atoms with Crippen LogP contribution >= 0.6 is 0 Å². The zero-order valence-electron chi connectivity index (χ0n) is 20.9. The highest BCUT2D eigenvalue weighted by atomic mass is 16.3. The summed E-state index contributed by atoms with van der Waals surface area (Å²) in [6, 6.07) is 24.7. The van der Waals surface area contributed by atoms with Gasteiger partial charge in [0.25, 0.3) is 0 Å². The van der Waals surface area contributed by atoms with E-state index in [1.165, 1.54) is 24.6 Å². The second-order valence-electron chi connectivity index (χ2n) is 10.7. The Balaban J connectivity index is 1.16. The summed E-state index contributed by atoms with van der Waals surface area (Å²) in [7, 11) is 0. The molecule has 3 nitrogen and oxygen atoms in total. The first kappa shape index (κ1) is 24.2. The van der Waals surface area contributed by atoms with E-state index in [0.717, 1.165) is 68.3 Å². The maximum atomic E-state index is 12.8. The number of aliphatic hydroxyl groups is 1. The van der Waals surface area contributed by atoms with Gasteiger partial charge in [-0.25, -0.2) is 0 Å². The number of nitrogens with zero attached hydrogens (tertiary/aromatic N) is 1. The van der Waals surface area contributed by atoms with Crippen molar-refractivity contribution in [2.24, 2.45) is 11.8 Å². The van der Waals surface area contributed by atoms with E-state index in [0.29, 0.717) is 18.3 Å². The molecule has 2 aliphatic rings. The Morgan fingerprint density at radius 1 is 0.800 bits per heavy atom. The molecule has 2 fully saturated rings. The lowest BCUT2D eigenvalue weighted by Crippen LogP contribution is -2.48. The minimum atomic E-state index is -0.709. The standard InChI is InChI=1S/C32H39NO2/c34-31(27-18-17-25-10-7-8-11-26(25)24-27)16-9-21-33-22-19-30(20-23-33)32(35,28-12-3-1-4-13-28)29-14-5-2-6-15-29/h1,3-4,7-8,10-13,17-18,24,29-30,35H,2,5-6,9,14-16,19-23H2. The molecule has 1 aliphatic heterocycles. The molecule has 3 aromatic rings. The van der Waals surface area contributed by atoms with E-state index in [4.69, 9.17) is 0 Å². The zero-order valence-corrected chi connectivity index (χ0v) is 20.9. The van der Waals surface area contributed by atoms with Crippen LogP contribution in [-0.2, 0) is 5.60 Å². The van der Waals surface area contributed by atoms with Crippen LogP contribution in [0, 0.1) is 11.8 Å². The van der Waals surface area contributed by atoms with E-state index < -0.39 is 5.60 Å². The molecule has 0 spiro atoms. The number of carbonyl (C=O) groups is 1. The average Bonchev–Trinajstić information content (AvgIpc) is 2.93. The summed E-state index contributed by atoms with van der Waals surface area (Å²) in [5.41, 5.74) is 1.23. The molecule has 184 valence electrons. The van der Waals surface area contributed by atoms with E-state index in [9.17, 15) is 9.90 Å². The van der Waals surface area contributed by atoms with Crippen molar-refractivity contribution in [2.45, 2.75) is 63.4 Å². The number of hydrogen-bond acceptors (Lipinski definition) is 3. The number of likely N-dealkylation sites (tertiary alicyclic amines) is 1. The summed E-state index contributed by atoms with van der Waals surface area (Å²) in [6.07, 6.45) is 9.60. The number of carbonyl (C=O) groups excluding carboxylic acids is 1. The molecule has 0 amide bonds. The van der Waals surface area contributed by atoms with Crippen LogP contribution in [0.1, 0.15) is 73.7 Å². The molecule has 1 saturated heterocycles. The van der Waals surface area contributed by atoms with E-state index in [1.54, 1.807) is 0 Å². The van der Waals surface area contributed by atoms with Gasteiger partial charge in [-0.15, -0.1) is 0 Å². The molecule has 5 rings (SSSR count). The van der Waals surface area contributed by atoms with Gasteiger partial charge < -0.3 is 10.0 Å². The van der Waals surface area contributed by atoms with Crippen LogP contribution in [0.5, 0.6) is 0 Å². The Kier molecular flexibility index (Phi) is 7.65. The van der Waals surface area contributed by atoms with Crippen LogP contribution < -0.4 is 0 Å². The average molecular weight is 470 g/mol. The monoisotopic (exact) mass is 469 g/mol. The number of rotatable bonds is 8. The van der Waals surface area contributed by atoms with Gasteiger partial charge in [0.1, 0.15) is 0 Å². The number of hydrogen-bond donors (Lipinski definition) is 1.